The zero-order valence-corrected chi connectivity index (χ0v) is 13.8. The number of aryl methyl sites for hydroxylation is 2. The van der Waals surface area contributed by atoms with E-state index in [-0.39, 0.29) is 11.4 Å². The average molecular weight is 340 g/mol. The molecule has 25 heavy (non-hydrogen) atoms. The van der Waals surface area contributed by atoms with E-state index in [1.165, 1.54) is 18.2 Å². The average Bonchev–Trinajstić information content (AvgIpc) is 2.99. The van der Waals surface area contributed by atoms with E-state index in [1.807, 2.05) is 0 Å². The lowest BCUT2D eigenvalue weighted by atomic mass is 10.1. The minimum absolute atomic E-state index is 0.00641. The second-order valence-electron chi connectivity index (χ2n) is 5.74. The Morgan fingerprint density at radius 3 is 2.56 bits per heavy atom. The minimum Gasteiger partial charge on any atom is -0.338 e. The molecule has 0 aliphatic rings. The third kappa shape index (κ3) is 3.50. The molecule has 2 aromatic heterocycles. The van der Waals surface area contributed by atoms with Gasteiger partial charge in [-0.2, -0.15) is 0 Å². The van der Waals surface area contributed by atoms with Crippen LogP contribution in [0.2, 0.25) is 0 Å². The Morgan fingerprint density at radius 1 is 1.24 bits per heavy atom. The molecule has 3 rings (SSSR count). The maximum atomic E-state index is 13.2. The van der Waals surface area contributed by atoms with Crippen molar-refractivity contribution < 1.29 is 9.18 Å². The van der Waals surface area contributed by atoms with E-state index >= 15 is 0 Å². The second kappa shape index (κ2) is 6.72. The Bertz CT molecular complexity index is 960. The lowest BCUT2D eigenvalue weighted by Gasteiger charge is -2.19. The predicted molar refractivity (Wildman–Crippen MR) is 90.7 cm³/mol. The minimum atomic E-state index is -0.617. The number of carbonyl (C=O) groups is 1. The lowest BCUT2D eigenvalue weighted by Crippen LogP contribution is -2.34. The molecule has 0 aliphatic heterocycles. The summed E-state index contributed by atoms with van der Waals surface area (Å²) in [5.74, 6) is -0.328. The standard InChI is InChI=1S/C18H17FN4O2/c1-11-3-8-14(17(24)21-11)18(25)22-15(16-20-9-10-23(16)2)12-4-6-13(19)7-5-12/h3-10,15H,1-2H3,(H,21,24)(H,22,25)/t15-/m1/s1. The van der Waals surface area contributed by atoms with E-state index in [0.717, 1.165) is 0 Å². The van der Waals surface area contributed by atoms with Crippen molar-refractivity contribution in [3.8, 4) is 0 Å². The maximum Gasteiger partial charge on any atom is 0.260 e. The second-order valence-corrected chi connectivity index (χ2v) is 5.74. The number of halogens is 1. The van der Waals surface area contributed by atoms with Crippen LogP contribution in [0, 0.1) is 12.7 Å². The van der Waals surface area contributed by atoms with Crippen molar-refractivity contribution >= 4 is 5.91 Å². The van der Waals surface area contributed by atoms with Crippen LogP contribution in [0.1, 0.15) is 33.5 Å². The van der Waals surface area contributed by atoms with Crippen molar-refractivity contribution in [1.82, 2.24) is 19.9 Å². The summed E-state index contributed by atoms with van der Waals surface area (Å²) >= 11 is 0. The Balaban J connectivity index is 1.98. The summed E-state index contributed by atoms with van der Waals surface area (Å²) in [6.45, 7) is 1.73. The molecule has 0 fully saturated rings. The molecule has 1 atom stereocenters. The van der Waals surface area contributed by atoms with Crippen molar-refractivity contribution in [3.05, 3.63) is 87.6 Å². The van der Waals surface area contributed by atoms with Gasteiger partial charge in [0.15, 0.2) is 0 Å². The first-order valence-electron chi connectivity index (χ1n) is 7.69. The molecule has 0 radical (unpaired) electrons. The fourth-order valence-corrected chi connectivity index (χ4v) is 2.57. The number of hydrogen-bond donors (Lipinski definition) is 2. The molecule has 128 valence electrons. The van der Waals surface area contributed by atoms with Gasteiger partial charge < -0.3 is 14.9 Å². The largest absolute Gasteiger partial charge is 0.338 e. The van der Waals surface area contributed by atoms with E-state index in [4.69, 9.17) is 0 Å². The first-order valence-corrected chi connectivity index (χ1v) is 7.69. The van der Waals surface area contributed by atoms with Gasteiger partial charge in [0.2, 0.25) is 0 Å². The summed E-state index contributed by atoms with van der Waals surface area (Å²) in [6.07, 6.45) is 3.35. The SMILES string of the molecule is Cc1ccc(C(=O)N[C@H](c2ccc(F)cc2)c2nccn2C)c(=O)[nH]1. The monoisotopic (exact) mass is 340 g/mol. The van der Waals surface area contributed by atoms with Crippen molar-refractivity contribution in [1.29, 1.82) is 0 Å². The summed E-state index contributed by atoms with van der Waals surface area (Å²) in [6, 6.07) is 8.30. The molecule has 0 saturated heterocycles. The van der Waals surface area contributed by atoms with Gasteiger partial charge in [-0.25, -0.2) is 9.37 Å². The van der Waals surface area contributed by atoms with Gasteiger partial charge in [-0.3, -0.25) is 9.59 Å². The quantitative estimate of drug-likeness (QED) is 0.763. The van der Waals surface area contributed by atoms with E-state index in [0.29, 0.717) is 17.1 Å². The van der Waals surface area contributed by atoms with E-state index < -0.39 is 17.5 Å². The number of nitrogens with one attached hydrogen (secondary N) is 2. The summed E-state index contributed by atoms with van der Waals surface area (Å²) < 4.78 is 15.0. The topological polar surface area (TPSA) is 79.8 Å². The van der Waals surface area contributed by atoms with Gasteiger partial charge in [0.05, 0.1) is 0 Å². The van der Waals surface area contributed by atoms with Crippen molar-refractivity contribution in [2.45, 2.75) is 13.0 Å². The van der Waals surface area contributed by atoms with Gasteiger partial charge in [-0.15, -0.1) is 0 Å². The zero-order chi connectivity index (χ0) is 18.0. The molecule has 7 heteroatoms. The Labute approximate surface area is 143 Å². The smallest absolute Gasteiger partial charge is 0.260 e. The van der Waals surface area contributed by atoms with Crippen LogP contribution in [0.4, 0.5) is 4.39 Å². The molecule has 1 aromatic carbocycles. The highest BCUT2D eigenvalue weighted by Gasteiger charge is 2.22. The van der Waals surface area contributed by atoms with Crippen LogP contribution in [-0.2, 0) is 7.05 Å². The molecule has 2 N–H and O–H groups in total. The zero-order valence-electron chi connectivity index (χ0n) is 13.8. The number of benzene rings is 1. The van der Waals surface area contributed by atoms with Gasteiger partial charge >= 0.3 is 0 Å². The van der Waals surface area contributed by atoms with Crippen LogP contribution in [-0.4, -0.2) is 20.4 Å². The third-order valence-corrected chi connectivity index (χ3v) is 3.90. The maximum absolute atomic E-state index is 13.2. The van der Waals surface area contributed by atoms with Crippen LogP contribution in [0.15, 0.2) is 53.6 Å². The summed E-state index contributed by atoms with van der Waals surface area (Å²) in [5, 5.41) is 2.81. The normalized spacial score (nSPS) is 12.0. The van der Waals surface area contributed by atoms with E-state index in [9.17, 15) is 14.0 Å². The number of aromatic amines is 1. The van der Waals surface area contributed by atoms with Crippen LogP contribution in [0.25, 0.3) is 0 Å². The number of rotatable bonds is 4. The molecule has 1 amide bonds. The molecular formula is C18H17FN4O2. The number of aromatic nitrogens is 3. The van der Waals surface area contributed by atoms with Crippen LogP contribution >= 0.6 is 0 Å². The van der Waals surface area contributed by atoms with Crippen molar-refractivity contribution in [2.24, 2.45) is 7.05 Å². The Kier molecular flexibility index (Phi) is 4.47. The van der Waals surface area contributed by atoms with E-state index in [1.54, 1.807) is 49.1 Å². The molecular weight excluding hydrogens is 323 g/mol. The van der Waals surface area contributed by atoms with Gasteiger partial charge in [-0.1, -0.05) is 12.1 Å². The number of carbonyl (C=O) groups excluding carboxylic acids is 1. The molecule has 0 spiro atoms. The molecule has 0 unspecified atom stereocenters. The molecule has 3 aromatic rings. The Hall–Kier alpha value is -3.22. The molecule has 0 aliphatic carbocycles. The predicted octanol–water partition coefficient (Wildman–Crippen LogP) is 2.08. The fourth-order valence-electron chi connectivity index (χ4n) is 2.57. The van der Waals surface area contributed by atoms with Crippen molar-refractivity contribution in [2.75, 3.05) is 0 Å². The summed E-state index contributed by atoms with van der Waals surface area (Å²) in [5.41, 5.74) is 0.871. The van der Waals surface area contributed by atoms with Gasteiger partial charge in [0.1, 0.15) is 23.2 Å². The lowest BCUT2D eigenvalue weighted by molar-refractivity contribution is 0.0939. The molecule has 2 heterocycles. The Morgan fingerprint density at radius 2 is 1.96 bits per heavy atom. The number of H-pyrrole nitrogens is 1. The first kappa shape index (κ1) is 16.6. The van der Waals surface area contributed by atoms with Gasteiger partial charge in [-0.05, 0) is 36.8 Å². The molecule has 0 saturated carbocycles. The highest BCUT2D eigenvalue weighted by atomic mass is 19.1. The van der Waals surface area contributed by atoms with E-state index in [2.05, 4.69) is 15.3 Å². The number of amides is 1. The molecule has 0 bridgehead atoms. The number of imidazole rings is 1. The fraction of sp³-hybridized carbons (Fsp3) is 0.167. The summed E-state index contributed by atoms with van der Waals surface area (Å²) in [7, 11) is 1.80. The first-order chi connectivity index (χ1) is 12.0. The van der Waals surface area contributed by atoms with Crippen molar-refractivity contribution in [3.63, 3.8) is 0 Å². The number of hydrogen-bond acceptors (Lipinski definition) is 3. The molecule has 6 nitrogen and oxygen atoms in total. The van der Waals surface area contributed by atoms with Crippen LogP contribution in [0.3, 0.4) is 0 Å². The van der Waals surface area contributed by atoms with Gasteiger partial charge in [0, 0.05) is 25.1 Å². The highest BCUT2D eigenvalue weighted by Crippen LogP contribution is 2.21. The number of pyridine rings is 1. The third-order valence-electron chi connectivity index (χ3n) is 3.90. The number of nitrogens with zero attached hydrogens (tertiary/aromatic N) is 2. The van der Waals surface area contributed by atoms with Crippen LogP contribution in [0.5, 0.6) is 0 Å². The highest BCUT2D eigenvalue weighted by molar-refractivity contribution is 5.94. The summed E-state index contributed by atoms with van der Waals surface area (Å²) in [4.78, 5) is 31.5. The van der Waals surface area contributed by atoms with Crippen LogP contribution < -0.4 is 10.9 Å². The van der Waals surface area contributed by atoms with Gasteiger partial charge in [0.25, 0.3) is 11.5 Å².